The Balaban J connectivity index is 2.04. The smallest absolute Gasteiger partial charge is 0.164 e. The SMILES string of the molecule is O=S1(=O)C(c2ccccc2)CC(O)CC1c1ccccc1. The third-order valence-electron chi connectivity index (χ3n) is 4.11. The molecule has 1 aliphatic heterocycles. The number of rotatable bonds is 2. The van der Waals surface area contributed by atoms with Crippen LogP contribution in [0.15, 0.2) is 60.7 Å². The third kappa shape index (κ3) is 2.74. The molecular formula is C17H18O3S. The van der Waals surface area contributed by atoms with Crippen molar-refractivity contribution < 1.29 is 13.5 Å². The second-order valence-electron chi connectivity index (χ2n) is 5.51. The lowest BCUT2D eigenvalue weighted by atomic mass is 9.99. The third-order valence-corrected chi connectivity index (χ3v) is 6.62. The first-order valence-electron chi connectivity index (χ1n) is 7.09. The summed E-state index contributed by atoms with van der Waals surface area (Å²) in [6.45, 7) is 0. The molecule has 2 aromatic rings. The van der Waals surface area contributed by atoms with Crippen LogP contribution in [0.2, 0.25) is 0 Å². The second kappa shape index (κ2) is 5.62. The van der Waals surface area contributed by atoms with Crippen molar-refractivity contribution in [2.75, 3.05) is 0 Å². The number of aliphatic hydroxyl groups is 1. The molecule has 0 amide bonds. The van der Waals surface area contributed by atoms with E-state index in [4.69, 9.17) is 0 Å². The molecule has 1 heterocycles. The summed E-state index contributed by atoms with van der Waals surface area (Å²) in [6.07, 6.45) is -0.0466. The molecule has 0 spiro atoms. The van der Waals surface area contributed by atoms with Gasteiger partial charge in [-0.3, -0.25) is 0 Å². The van der Waals surface area contributed by atoms with Gasteiger partial charge < -0.3 is 5.11 Å². The van der Waals surface area contributed by atoms with E-state index >= 15 is 0 Å². The van der Waals surface area contributed by atoms with Crippen molar-refractivity contribution in [1.29, 1.82) is 0 Å². The van der Waals surface area contributed by atoms with Gasteiger partial charge in [-0.15, -0.1) is 0 Å². The molecule has 1 fully saturated rings. The fourth-order valence-corrected chi connectivity index (χ4v) is 5.49. The summed E-state index contributed by atoms with van der Waals surface area (Å²) in [5.74, 6) is 0. The Morgan fingerprint density at radius 1 is 0.762 bits per heavy atom. The summed E-state index contributed by atoms with van der Waals surface area (Å²) in [5.41, 5.74) is 1.52. The maximum atomic E-state index is 12.9. The number of hydrogen-bond donors (Lipinski definition) is 1. The van der Waals surface area contributed by atoms with Crippen molar-refractivity contribution in [3.8, 4) is 0 Å². The van der Waals surface area contributed by atoms with Crippen LogP contribution in [-0.2, 0) is 9.84 Å². The summed E-state index contributed by atoms with van der Waals surface area (Å²) < 4.78 is 25.9. The first-order chi connectivity index (χ1) is 10.1. The van der Waals surface area contributed by atoms with Gasteiger partial charge in [0.25, 0.3) is 0 Å². The van der Waals surface area contributed by atoms with Crippen molar-refractivity contribution in [3.05, 3.63) is 71.8 Å². The van der Waals surface area contributed by atoms with E-state index in [0.29, 0.717) is 0 Å². The monoisotopic (exact) mass is 302 g/mol. The summed E-state index contributed by atoms with van der Waals surface area (Å²) in [6, 6.07) is 18.4. The van der Waals surface area contributed by atoms with Crippen LogP contribution in [0.3, 0.4) is 0 Å². The van der Waals surface area contributed by atoms with Gasteiger partial charge in [0, 0.05) is 0 Å². The Labute approximate surface area is 125 Å². The van der Waals surface area contributed by atoms with Gasteiger partial charge in [0.1, 0.15) is 0 Å². The van der Waals surface area contributed by atoms with Crippen LogP contribution in [0.1, 0.15) is 34.5 Å². The highest BCUT2D eigenvalue weighted by Crippen LogP contribution is 2.44. The van der Waals surface area contributed by atoms with E-state index in [-0.39, 0.29) is 12.8 Å². The molecule has 0 radical (unpaired) electrons. The molecule has 0 aliphatic carbocycles. The lowest BCUT2D eigenvalue weighted by Gasteiger charge is -2.33. The minimum atomic E-state index is -3.36. The zero-order valence-corrected chi connectivity index (χ0v) is 12.4. The highest BCUT2D eigenvalue weighted by atomic mass is 32.2. The van der Waals surface area contributed by atoms with Crippen LogP contribution in [0.25, 0.3) is 0 Å². The van der Waals surface area contributed by atoms with Crippen LogP contribution in [0, 0.1) is 0 Å². The Bertz CT molecular complexity index is 640. The first-order valence-corrected chi connectivity index (χ1v) is 8.70. The zero-order chi connectivity index (χ0) is 14.9. The average molecular weight is 302 g/mol. The molecule has 2 unspecified atom stereocenters. The van der Waals surface area contributed by atoms with E-state index in [2.05, 4.69) is 0 Å². The van der Waals surface area contributed by atoms with E-state index in [9.17, 15) is 13.5 Å². The molecule has 3 rings (SSSR count). The van der Waals surface area contributed by atoms with Crippen molar-refractivity contribution in [2.45, 2.75) is 29.4 Å². The maximum absolute atomic E-state index is 12.9. The Hall–Kier alpha value is -1.65. The lowest BCUT2D eigenvalue weighted by Crippen LogP contribution is -2.32. The van der Waals surface area contributed by atoms with Gasteiger partial charge in [-0.05, 0) is 24.0 Å². The van der Waals surface area contributed by atoms with Gasteiger partial charge in [0.15, 0.2) is 9.84 Å². The molecule has 1 aliphatic rings. The molecule has 21 heavy (non-hydrogen) atoms. The first kappa shape index (κ1) is 14.3. The summed E-state index contributed by atoms with van der Waals surface area (Å²) >= 11 is 0. The number of aliphatic hydroxyl groups excluding tert-OH is 1. The minimum Gasteiger partial charge on any atom is -0.393 e. The zero-order valence-electron chi connectivity index (χ0n) is 11.6. The minimum absolute atomic E-state index is 0.273. The molecule has 3 nitrogen and oxygen atoms in total. The fraction of sp³-hybridized carbons (Fsp3) is 0.294. The van der Waals surface area contributed by atoms with Crippen molar-refractivity contribution >= 4 is 9.84 Å². The van der Waals surface area contributed by atoms with Gasteiger partial charge in [-0.1, -0.05) is 60.7 Å². The van der Waals surface area contributed by atoms with Gasteiger partial charge in [0.05, 0.1) is 16.6 Å². The quantitative estimate of drug-likeness (QED) is 0.927. The normalized spacial score (nSPS) is 28.1. The molecule has 2 aromatic carbocycles. The number of hydrogen-bond acceptors (Lipinski definition) is 3. The summed E-state index contributed by atoms with van der Waals surface area (Å²) in [5, 5.41) is 8.88. The van der Waals surface area contributed by atoms with Crippen LogP contribution in [0.4, 0.5) is 0 Å². The van der Waals surface area contributed by atoms with E-state index in [0.717, 1.165) is 11.1 Å². The van der Waals surface area contributed by atoms with E-state index in [1.54, 1.807) is 0 Å². The largest absolute Gasteiger partial charge is 0.393 e. The molecule has 0 aromatic heterocycles. The van der Waals surface area contributed by atoms with E-state index in [1.807, 2.05) is 60.7 Å². The van der Waals surface area contributed by atoms with Crippen LogP contribution < -0.4 is 0 Å². The Kier molecular flexibility index (Phi) is 3.83. The van der Waals surface area contributed by atoms with E-state index in [1.165, 1.54) is 0 Å². The van der Waals surface area contributed by atoms with Crippen LogP contribution in [0.5, 0.6) is 0 Å². The standard InChI is InChI=1S/C17H18O3S/c18-15-11-16(13-7-3-1-4-8-13)21(19,20)17(12-15)14-9-5-2-6-10-14/h1-10,15-18H,11-12H2. The van der Waals surface area contributed by atoms with Crippen LogP contribution in [-0.4, -0.2) is 19.6 Å². The van der Waals surface area contributed by atoms with Crippen molar-refractivity contribution in [1.82, 2.24) is 0 Å². The Morgan fingerprint density at radius 2 is 1.14 bits per heavy atom. The van der Waals surface area contributed by atoms with Crippen molar-refractivity contribution in [2.24, 2.45) is 0 Å². The maximum Gasteiger partial charge on any atom is 0.164 e. The fourth-order valence-electron chi connectivity index (χ4n) is 3.04. The molecule has 110 valence electrons. The Morgan fingerprint density at radius 3 is 1.52 bits per heavy atom. The lowest BCUT2D eigenvalue weighted by molar-refractivity contribution is 0.144. The predicted octanol–water partition coefficient (Wildman–Crippen LogP) is 3.04. The predicted molar refractivity (Wildman–Crippen MR) is 82.5 cm³/mol. The topological polar surface area (TPSA) is 54.4 Å². The van der Waals surface area contributed by atoms with Gasteiger partial charge in [-0.2, -0.15) is 0 Å². The number of sulfone groups is 1. The molecular weight excluding hydrogens is 284 g/mol. The van der Waals surface area contributed by atoms with E-state index < -0.39 is 26.4 Å². The molecule has 4 heteroatoms. The summed E-state index contributed by atoms with van der Waals surface area (Å²) in [7, 11) is -3.36. The van der Waals surface area contributed by atoms with Gasteiger partial charge in [0.2, 0.25) is 0 Å². The van der Waals surface area contributed by atoms with Gasteiger partial charge >= 0.3 is 0 Å². The molecule has 0 saturated carbocycles. The highest BCUT2D eigenvalue weighted by Gasteiger charge is 2.42. The summed E-state index contributed by atoms with van der Waals surface area (Å²) in [4.78, 5) is 0. The molecule has 1 N–H and O–H groups in total. The van der Waals surface area contributed by atoms with Crippen molar-refractivity contribution in [3.63, 3.8) is 0 Å². The van der Waals surface area contributed by atoms with Gasteiger partial charge in [-0.25, -0.2) is 8.42 Å². The molecule has 2 atom stereocenters. The average Bonchev–Trinajstić information content (AvgIpc) is 2.51. The molecule has 1 saturated heterocycles. The second-order valence-corrected chi connectivity index (χ2v) is 7.83. The highest BCUT2D eigenvalue weighted by molar-refractivity contribution is 7.92. The molecule has 0 bridgehead atoms. The van der Waals surface area contributed by atoms with Crippen LogP contribution >= 0.6 is 0 Å². The number of benzene rings is 2.